The fraction of sp³-hybridized carbons (Fsp3) is 0.316. The summed E-state index contributed by atoms with van der Waals surface area (Å²) < 4.78 is 26.8. The molecule has 0 saturated carbocycles. The molecule has 2 heterocycles. The number of aryl methyl sites for hydroxylation is 1. The summed E-state index contributed by atoms with van der Waals surface area (Å²) in [6.07, 6.45) is 6.16. The normalized spacial score (nSPS) is 16.0. The van der Waals surface area contributed by atoms with Crippen LogP contribution in [0.2, 0.25) is 0 Å². The van der Waals surface area contributed by atoms with Crippen LogP contribution in [-0.2, 0) is 14.8 Å². The summed E-state index contributed by atoms with van der Waals surface area (Å²) in [7, 11) is -3.44. The number of hydrogen-bond acceptors (Lipinski definition) is 4. The van der Waals surface area contributed by atoms with Crippen molar-refractivity contribution in [3.05, 3.63) is 52.2 Å². The van der Waals surface area contributed by atoms with E-state index in [-0.39, 0.29) is 10.8 Å². The van der Waals surface area contributed by atoms with Gasteiger partial charge in [-0.25, -0.2) is 8.42 Å². The highest BCUT2D eigenvalue weighted by molar-refractivity contribution is 7.89. The Morgan fingerprint density at radius 3 is 2.42 bits per heavy atom. The largest absolute Gasteiger partial charge is 0.323 e. The zero-order valence-corrected chi connectivity index (χ0v) is 16.3. The number of sulfonamides is 1. The Balaban J connectivity index is 1.65. The minimum absolute atomic E-state index is 0.246. The van der Waals surface area contributed by atoms with Gasteiger partial charge >= 0.3 is 0 Å². The molecular weight excluding hydrogens is 368 g/mol. The first kappa shape index (κ1) is 18.8. The van der Waals surface area contributed by atoms with Gasteiger partial charge in [0.05, 0.1) is 4.90 Å². The number of piperidine rings is 1. The highest BCUT2D eigenvalue weighted by Crippen LogP contribution is 2.22. The van der Waals surface area contributed by atoms with E-state index >= 15 is 0 Å². The van der Waals surface area contributed by atoms with Crippen molar-refractivity contribution in [2.75, 3.05) is 18.4 Å². The van der Waals surface area contributed by atoms with E-state index < -0.39 is 10.0 Å². The molecule has 1 saturated heterocycles. The van der Waals surface area contributed by atoms with Gasteiger partial charge in [0.2, 0.25) is 15.9 Å². The molecule has 0 bridgehead atoms. The summed E-state index contributed by atoms with van der Waals surface area (Å²) in [6, 6.07) is 8.35. The molecule has 1 aromatic heterocycles. The second-order valence-corrected chi connectivity index (χ2v) is 9.17. The van der Waals surface area contributed by atoms with E-state index in [9.17, 15) is 13.2 Å². The van der Waals surface area contributed by atoms with E-state index in [0.29, 0.717) is 18.8 Å². The first-order chi connectivity index (χ1) is 12.5. The number of amides is 1. The van der Waals surface area contributed by atoms with Gasteiger partial charge in [0, 0.05) is 29.7 Å². The van der Waals surface area contributed by atoms with Crippen molar-refractivity contribution < 1.29 is 13.2 Å². The monoisotopic (exact) mass is 390 g/mol. The van der Waals surface area contributed by atoms with Gasteiger partial charge in [-0.3, -0.25) is 4.79 Å². The molecule has 0 unspecified atom stereocenters. The van der Waals surface area contributed by atoms with Gasteiger partial charge in [0.25, 0.3) is 0 Å². The molecule has 3 rings (SSSR count). The van der Waals surface area contributed by atoms with Gasteiger partial charge in [0.1, 0.15) is 0 Å². The average Bonchev–Trinajstić information content (AvgIpc) is 3.06. The molecule has 0 atom stereocenters. The number of nitrogens with one attached hydrogen (secondary N) is 1. The lowest BCUT2D eigenvalue weighted by Crippen LogP contribution is -2.35. The van der Waals surface area contributed by atoms with E-state index in [0.717, 1.165) is 29.7 Å². The van der Waals surface area contributed by atoms with Gasteiger partial charge in [-0.05, 0) is 67.1 Å². The van der Waals surface area contributed by atoms with Crippen LogP contribution >= 0.6 is 11.3 Å². The van der Waals surface area contributed by atoms with Crippen molar-refractivity contribution in [2.24, 2.45) is 0 Å². The van der Waals surface area contributed by atoms with E-state index in [4.69, 9.17) is 0 Å². The Kier molecular flexibility index (Phi) is 5.90. The summed E-state index contributed by atoms with van der Waals surface area (Å²) in [6.45, 7) is 3.15. The summed E-state index contributed by atoms with van der Waals surface area (Å²) >= 11 is 1.58. The third-order valence-corrected chi connectivity index (χ3v) is 7.26. The number of benzene rings is 1. The lowest BCUT2D eigenvalue weighted by Gasteiger charge is -2.25. The summed E-state index contributed by atoms with van der Waals surface area (Å²) in [4.78, 5) is 13.3. The molecule has 7 heteroatoms. The molecule has 2 aromatic rings. The summed E-state index contributed by atoms with van der Waals surface area (Å²) in [5.74, 6) is -0.246. The third-order valence-electron chi connectivity index (χ3n) is 4.36. The van der Waals surface area contributed by atoms with Gasteiger partial charge in [-0.2, -0.15) is 4.31 Å². The Hall–Kier alpha value is -1.96. The topological polar surface area (TPSA) is 66.5 Å². The van der Waals surface area contributed by atoms with E-state index in [1.807, 2.05) is 18.4 Å². The number of carbonyl (C=O) groups is 1. The third kappa shape index (κ3) is 4.41. The lowest BCUT2D eigenvalue weighted by atomic mass is 10.2. The molecule has 1 aliphatic rings. The second-order valence-electron chi connectivity index (χ2n) is 6.28. The fourth-order valence-electron chi connectivity index (χ4n) is 2.86. The SMILES string of the molecule is Cc1ccsc1C=CC(=O)Nc1ccc(S(=O)(=O)N2CCCCC2)cc1. The van der Waals surface area contributed by atoms with Crippen LogP contribution in [0.5, 0.6) is 0 Å². The number of thiophene rings is 1. The number of nitrogens with zero attached hydrogens (tertiary/aromatic N) is 1. The molecule has 26 heavy (non-hydrogen) atoms. The predicted molar refractivity (Wildman–Crippen MR) is 106 cm³/mol. The van der Waals surface area contributed by atoms with Crippen molar-refractivity contribution in [1.29, 1.82) is 0 Å². The molecule has 1 aromatic carbocycles. The van der Waals surface area contributed by atoms with Crippen molar-refractivity contribution in [3.8, 4) is 0 Å². The number of hydrogen-bond donors (Lipinski definition) is 1. The Morgan fingerprint density at radius 2 is 1.81 bits per heavy atom. The van der Waals surface area contributed by atoms with Gasteiger partial charge in [0.15, 0.2) is 0 Å². The average molecular weight is 391 g/mol. The van der Waals surface area contributed by atoms with Crippen LogP contribution in [0.4, 0.5) is 5.69 Å². The zero-order valence-electron chi connectivity index (χ0n) is 14.6. The Morgan fingerprint density at radius 1 is 1.12 bits per heavy atom. The molecule has 5 nitrogen and oxygen atoms in total. The van der Waals surface area contributed by atoms with Gasteiger partial charge in [-0.15, -0.1) is 11.3 Å². The highest BCUT2D eigenvalue weighted by Gasteiger charge is 2.25. The number of carbonyl (C=O) groups excluding carboxylic acids is 1. The minimum Gasteiger partial charge on any atom is -0.323 e. The summed E-state index contributed by atoms with van der Waals surface area (Å²) in [5.41, 5.74) is 1.70. The van der Waals surface area contributed by atoms with Crippen LogP contribution in [-0.4, -0.2) is 31.7 Å². The molecule has 1 aliphatic heterocycles. The fourth-order valence-corrected chi connectivity index (χ4v) is 5.19. The quantitative estimate of drug-likeness (QED) is 0.788. The molecular formula is C19H22N2O3S2. The van der Waals surface area contributed by atoms with Crippen LogP contribution in [0.25, 0.3) is 6.08 Å². The smallest absolute Gasteiger partial charge is 0.248 e. The van der Waals surface area contributed by atoms with Crippen LogP contribution in [0, 0.1) is 6.92 Å². The van der Waals surface area contributed by atoms with Crippen molar-refractivity contribution >= 4 is 39.0 Å². The number of anilines is 1. The van der Waals surface area contributed by atoms with Gasteiger partial charge < -0.3 is 5.32 Å². The van der Waals surface area contributed by atoms with Gasteiger partial charge in [-0.1, -0.05) is 6.42 Å². The molecule has 0 aliphatic carbocycles. The maximum Gasteiger partial charge on any atom is 0.248 e. The zero-order chi connectivity index (χ0) is 18.6. The van der Waals surface area contributed by atoms with E-state index in [1.54, 1.807) is 41.7 Å². The second kappa shape index (κ2) is 8.16. The molecule has 1 amide bonds. The van der Waals surface area contributed by atoms with Crippen LogP contribution < -0.4 is 5.32 Å². The maximum atomic E-state index is 12.6. The first-order valence-electron chi connectivity index (χ1n) is 8.60. The standard InChI is InChI=1S/C19H22N2O3S2/c1-15-11-14-25-18(15)9-10-19(22)20-16-5-7-17(8-6-16)26(23,24)21-12-3-2-4-13-21/h5-11,14H,2-4,12-13H2,1H3,(H,20,22). The predicted octanol–water partition coefficient (Wildman–Crippen LogP) is 3.88. The lowest BCUT2D eigenvalue weighted by molar-refractivity contribution is -0.111. The Labute approximate surface area is 158 Å². The maximum absolute atomic E-state index is 12.6. The van der Waals surface area contributed by atoms with Crippen LogP contribution in [0.15, 0.2) is 46.7 Å². The van der Waals surface area contributed by atoms with Crippen LogP contribution in [0.3, 0.4) is 0 Å². The van der Waals surface area contributed by atoms with Crippen LogP contribution in [0.1, 0.15) is 29.7 Å². The van der Waals surface area contributed by atoms with E-state index in [1.165, 1.54) is 10.4 Å². The molecule has 138 valence electrons. The Bertz CT molecular complexity index is 893. The van der Waals surface area contributed by atoms with Crippen molar-refractivity contribution in [1.82, 2.24) is 4.31 Å². The molecule has 0 spiro atoms. The molecule has 1 fully saturated rings. The van der Waals surface area contributed by atoms with E-state index in [2.05, 4.69) is 5.32 Å². The molecule has 1 N–H and O–H groups in total. The highest BCUT2D eigenvalue weighted by atomic mass is 32.2. The van der Waals surface area contributed by atoms with Crippen molar-refractivity contribution in [2.45, 2.75) is 31.1 Å². The minimum atomic E-state index is -3.44. The summed E-state index contributed by atoms with van der Waals surface area (Å²) in [5, 5.41) is 4.73. The number of rotatable bonds is 5. The first-order valence-corrected chi connectivity index (χ1v) is 10.9. The molecule has 0 radical (unpaired) electrons. The van der Waals surface area contributed by atoms with Crippen molar-refractivity contribution in [3.63, 3.8) is 0 Å².